The highest BCUT2D eigenvalue weighted by molar-refractivity contribution is 7.13. The van der Waals surface area contributed by atoms with Crippen LogP contribution in [-0.4, -0.2) is 23.1 Å². The molecule has 0 aliphatic rings. The number of anilines is 1. The van der Waals surface area contributed by atoms with Gasteiger partial charge in [0, 0.05) is 10.9 Å². The first-order valence-electron chi connectivity index (χ1n) is 7.20. The van der Waals surface area contributed by atoms with E-state index in [1.54, 1.807) is 0 Å². The molecule has 0 aliphatic heterocycles. The van der Waals surface area contributed by atoms with Gasteiger partial charge in [-0.1, -0.05) is 13.8 Å². The second kappa shape index (κ2) is 6.57. The number of carbonyl (C=O) groups is 1. The third-order valence-electron chi connectivity index (χ3n) is 3.90. The van der Waals surface area contributed by atoms with E-state index >= 15 is 0 Å². The lowest BCUT2D eigenvalue weighted by molar-refractivity contribution is -0.148. The fourth-order valence-electron chi connectivity index (χ4n) is 1.72. The van der Waals surface area contributed by atoms with Gasteiger partial charge in [-0.05, 0) is 40.5 Å². The molecule has 0 bridgehead atoms. The van der Waals surface area contributed by atoms with Crippen molar-refractivity contribution in [1.82, 2.24) is 4.98 Å². The van der Waals surface area contributed by atoms with Crippen molar-refractivity contribution in [3.05, 3.63) is 11.1 Å². The van der Waals surface area contributed by atoms with Gasteiger partial charge in [-0.25, -0.2) is 4.98 Å². The largest absolute Gasteiger partial charge is 0.465 e. The third kappa shape index (κ3) is 3.72. The summed E-state index contributed by atoms with van der Waals surface area (Å²) in [6.07, 6.45) is 2.05. The summed E-state index contributed by atoms with van der Waals surface area (Å²) in [5.41, 5.74) is 0.0998. The Kier molecular flexibility index (Phi) is 5.57. The van der Waals surface area contributed by atoms with Crippen LogP contribution in [0, 0.1) is 0 Å². The van der Waals surface area contributed by atoms with Crippen molar-refractivity contribution < 1.29 is 9.53 Å². The molecule has 0 saturated carbocycles. The lowest BCUT2D eigenvalue weighted by atomic mass is 9.90. The normalized spacial score (nSPS) is 12.3. The molecule has 1 N–H and O–H groups in total. The smallest absolute Gasteiger partial charge is 0.317 e. The fraction of sp³-hybridized carbons (Fsp3) is 0.733. The van der Waals surface area contributed by atoms with Gasteiger partial charge in [-0.2, -0.15) is 0 Å². The second-order valence-corrected chi connectivity index (χ2v) is 6.63. The predicted molar refractivity (Wildman–Crippen MR) is 84.4 cm³/mol. The molecular formula is C15H26N2O2S. The van der Waals surface area contributed by atoms with Gasteiger partial charge in [0.1, 0.15) is 5.41 Å². The van der Waals surface area contributed by atoms with E-state index in [-0.39, 0.29) is 11.5 Å². The summed E-state index contributed by atoms with van der Waals surface area (Å²) in [6.45, 7) is 12.4. The number of rotatable bonds is 7. The lowest BCUT2D eigenvalue weighted by Crippen LogP contribution is -2.33. The van der Waals surface area contributed by atoms with Crippen LogP contribution < -0.4 is 5.32 Å². The summed E-state index contributed by atoms with van der Waals surface area (Å²) in [5, 5.41) is 6.27. The molecular weight excluding hydrogens is 272 g/mol. The number of aromatic nitrogens is 1. The number of esters is 1. The summed E-state index contributed by atoms with van der Waals surface area (Å²) in [7, 11) is 0. The van der Waals surface area contributed by atoms with Gasteiger partial charge < -0.3 is 10.1 Å². The molecule has 1 aromatic rings. The molecule has 0 saturated heterocycles. The Labute approximate surface area is 125 Å². The van der Waals surface area contributed by atoms with Gasteiger partial charge in [0.15, 0.2) is 5.13 Å². The molecule has 0 amide bonds. The Bertz CT molecular complexity index is 450. The first-order chi connectivity index (χ1) is 9.29. The quantitative estimate of drug-likeness (QED) is 0.774. The minimum atomic E-state index is -0.707. The average Bonchev–Trinajstić information content (AvgIpc) is 2.87. The van der Waals surface area contributed by atoms with Gasteiger partial charge in [0.2, 0.25) is 0 Å². The topological polar surface area (TPSA) is 51.2 Å². The lowest BCUT2D eigenvalue weighted by Gasteiger charge is -2.28. The van der Waals surface area contributed by atoms with Gasteiger partial charge in [0.05, 0.1) is 12.3 Å². The summed E-state index contributed by atoms with van der Waals surface area (Å²) >= 11 is 1.54. The van der Waals surface area contributed by atoms with Crippen LogP contribution in [0.2, 0.25) is 0 Å². The van der Waals surface area contributed by atoms with E-state index in [0.717, 1.165) is 23.7 Å². The number of ether oxygens (including phenoxy) is 1. The molecule has 0 aromatic carbocycles. The van der Waals surface area contributed by atoms with E-state index in [1.807, 2.05) is 26.2 Å². The van der Waals surface area contributed by atoms with Crippen molar-refractivity contribution >= 4 is 22.4 Å². The van der Waals surface area contributed by atoms with Crippen molar-refractivity contribution in [3.8, 4) is 0 Å². The first kappa shape index (κ1) is 17.0. The summed E-state index contributed by atoms with van der Waals surface area (Å²) < 4.78 is 5.12. The van der Waals surface area contributed by atoms with Crippen LogP contribution in [0.1, 0.15) is 60.1 Å². The van der Waals surface area contributed by atoms with E-state index in [2.05, 4.69) is 31.1 Å². The number of carbonyl (C=O) groups excluding carboxylic acids is 1. The maximum Gasteiger partial charge on any atom is 0.317 e. The Morgan fingerprint density at radius 1 is 1.30 bits per heavy atom. The van der Waals surface area contributed by atoms with Crippen LogP contribution >= 0.6 is 11.3 Å². The van der Waals surface area contributed by atoms with E-state index in [1.165, 1.54) is 11.3 Å². The van der Waals surface area contributed by atoms with Crippen LogP contribution in [-0.2, 0) is 14.9 Å². The summed E-state index contributed by atoms with van der Waals surface area (Å²) in [6, 6.07) is 0. The SMILES string of the molecule is CCOC(=O)C(C)(C)c1csc(NC(C)(CC)CC)n1. The van der Waals surface area contributed by atoms with Crippen LogP contribution in [0.15, 0.2) is 5.38 Å². The molecule has 0 atom stereocenters. The van der Waals surface area contributed by atoms with E-state index in [0.29, 0.717) is 6.61 Å². The molecule has 1 rings (SSSR count). The standard InChI is InChI=1S/C15H26N2O2S/c1-7-15(6,8-2)17-13-16-11(10-20-13)14(4,5)12(18)19-9-3/h10H,7-9H2,1-6H3,(H,16,17). The van der Waals surface area contributed by atoms with Crippen molar-refractivity contribution in [3.63, 3.8) is 0 Å². The molecule has 0 spiro atoms. The number of hydrogen-bond donors (Lipinski definition) is 1. The Morgan fingerprint density at radius 3 is 2.40 bits per heavy atom. The molecule has 0 fully saturated rings. The number of thiazole rings is 1. The van der Waals surface area contributed by atoms with Gasteiger partial charge in [0.25, 0.3) is 0 Å². The van der Waals surface area contributed by atoms with E-state index < -0.39 is 5.41 Å². The van der Waals surface area contributed by atoms with E-state index in [9.17, 15) is 4.79 Å². The van der Waals surface area contributed by atoms with Crippen molar-refractivity contribution in [1.29, 1.82) is 0 Å². The number of hydrogen-bond acceptors (Lipinski definition) is 5. The van der Waals surface area contributed by atoms with Crippen molar-refractivity contribution in [2.75, 3.05) is 11.9 Å². The highest BCUT2D eigenvalue weighted by Crippen LogP contribution is 2.30. The highest BCUT2D eigenvalue weighted by atomic mass is 32.1. The molecule has 0 unspecified atom stereocenters. The van der Waals surface area contributed by atoms with Crippen LogP contribution in [0.3, 0.4) is 0 Å². The average molecular weight is 298 g/mol. The molecule has 0 aliphatic carbocycles. The van der Waals surface area contributed by atoms with Gasteiger partial charge in [-0.3, -0.25) is 4.79 Å². The molecule has 4 nitrogen and oxygen atoms in total. The Hall–Kier alpha value is -1.10. The maximum atomic E-state index is 12.0. The number of nitrogens with zero attached hydrogens (tertiary/aromatic N) is 1. The molecule has 0 radical (unpaired) electrons. The van der Waals surface area contributed by atoms with Crippen molar-refractivity contribution in [2.45, 2.75) is 65.3 Å². The minimum absolute atomic E-state index is 0.0448. The number of nitrogens with one attached hydrogen (secondary N) is 1. The molecule has 5 heteroatoms. The molecule has 1 aromatic heterocycles. The molecule has 114 valence electrons. The van der Waals surface area contributed by atoms with Crippen LogP contribution in [0.4, 0.5) is 5.13 Å². The zero-order chi connectivity index (χ0) is 15.4. The zero-order valence-corrected chi connectivity index (χ0v) is 14.2. The van der Waals surface area contributed by atoms with Crippen LogP contribution in [0.25, 0.3) is 0 Å². The monoisotopic (exact) mass is 298 g/mol. The van der Waals surface area contributed by atoms with Gasteiger partial charge in [-0.15, -0.1) is 11.3 Å². The fourth-order valence-corrected chi connectivity index (χ4v) is 2.75. The zero-order valence-electron chi connectivity index (χ0n) is 13.4. The van der Waals surface area contributed by atoms with Crippen LogP contribution in [0.5, 0.6) is 0 Å². The van der Waals surface area contributed by atoms with Crippen molar-refractivity contribution in [2.24, 2.45) is 0 Å². The van der Waals surface area contributed by atoms with Gasteiger partial charge >= 0.3 is 5.97 Å². The third-order valence-corrected chi connectivity index (χ3v) is 4.66. The molecule has 1 heterocycles. The molecule has 20 heavy (non-hydrogen) atoms. The maximum absolute atomic E-state index is 12.0. The predicted octanol–water partition coefficient (Wildman–Crippen LogP) is 3.97. The van der Waals surface area contributed by atoms with E-state index in [4.69, 9.17) is 4.74 Å². The first-order valence-corrected chi connectivity index (χ1v) is 8.08. The second-order valence-electron chi connectivity index (χ2n) is 5.78. The summed E-state index contributed by atoms with van der Waals surface area (Å²) in [5.74, 6) is -0.231. The summed E-state index contributed by atoms with van der Waals surface area (Å²) in [4.78, 5) is 16.6. The Morgan fingerprint density at radius 2 is 1.90 bits per heavy atom. The minimum Gasteiger partial charge on any atom is -0.465 e. The highest BCUT2D eigenvalue weighted by Gasteiger charge is 2.34. The Balaban J connectivity index is 2.89.